The third kappa shape index (κ3) is 3.68. The summed E-state index contributed by atoms with van der Waals surface area (Å²) in [6.07, 6.45) is 11.5. The molecule has 21 heavy (non-hydrogen) atoms. The summed E-state index contributed by atoms with van der Waals surface area (Å²) >= 11 is 0. The van der Waals surface area contributed by atoms with Gasteiger partial charge >= 0.3 is 0 Å². The van der Waals surface area contributed by atoms with E-state index in [2.05, 4.69) is 43.0 Å². The van der Waals surface area contributed by atoms with Crippen LogP contribution in [-0.2, 0) is 6.42 Å². The van der Waals surface area contributed by atoms with E-state index < -0.39 is 0 Å². The van der Waals surface area contributed by atoms with Crippen LogP contribution in [0.2, 0.25) is 0 Å². The second-order valence-corrected chi connectivity index (χ2v) is 7.87. The summed E-state index contributed by atoms with van der Waals surface area (Å²) in [6, 6.07) is 3.49. The predicted molar refractivity (Wildman–Crippen MR) is 87.4 cm³/mol. The highest BCUT2D eigenvalue weighted by molar-refractivity contribution is 5.07. The molecular formula is C18H31N3. The lowest BCUT2D eigenvalue weighted by Gasteiger charge is -2.30. The summed E-state index contributed by atoms with van der Waals surface area (Å²) in [6.45, 7) is 8.05. The quantitative estimate of drug-likeness (QED) is 0.823. The van der Waals surface area contributed by atoms with E-state index >= 15 is 0 Å². The Labute approximate surface area is 129 Å². The molecule has 1 N–H and O–H groups in total. The highest BCUT2D eigenvalue weighted by atomic mass is 15.3. The van der Waals surface area contributed by atoms with Gasteiger partial charge in [-0.3, -0.25) is 4.68 Å². The summed E-state index contributed by atoms with van der Waals surface area (Å²) < 4.78 is 2.24. The first-order chi connectivity index (χ1) is 10.1. The molecule has 1 aromatic rings. The monoisotopic (exact) mass is 289 g/mol. The fraction of sp³-hybridized carbons (Fsp3) is 0.833. The Kier molecular flexibility index (Phi) is 4.39. The van der Waals surface area contributed by atoms with Crippen LogP contribution in [0.25, 0.3) is 0 Å². The number of nitrogens with one attached hydrogen (secondary N) is 1. The molecule has 1 unspecified atom stereocenters. The lowest BCUT2D eigenvalue weighted by atomic mass is 9.80. The van der Waals surface area contributed by atoms with Gasteiger partial charge in [-0.2, -0.15) is 5.10 Å². The minimum atomic E-state index is 0.374. The van der Waals surface area contributed by atoms with Crippen molar-refractivity contribution in [1.82, 2.24) is 15.1 Å². The van der Waals surface area contributed by atoms with Gasteiger partial charge in [0.05, 0.1) is 11.7 Å². The normalized spacial score (nSPS) is 22.9. The molecule has 0 aromatic carbocycles. The second kappa shape index (κ2) is 6.12. The fourth-order valence-corrected chi connectivity index (χ4v) is 3.83. The van der Waals surface area contributed by atoms with Crippen LogP contribution < -0.4 is 5.32 Å². The molecule has 0 amide bonds. The highest BCUT2D eigenvalue weighted by Gasteiger charge is 2.41. The van der Waals surface area contributed by atoms with Gasteiger partial charge in [-0.1, -0.05) is 33.6 Å². The van der Waals surface area contributed by atoms with Crippen LogP contribution in [0.5, 0.6) is 0 Å². The third-order valence-corrected chi connectivity index (χ3v) is 5.42. The maximum atomic E-state index is 4.90. The molecule has 2 saturated carbocycles. The lowest BCUT2D eigenvalue weighted by Crippen LogP contribution is -2.38. The van der Waals surface area contributed by atoms with E-state index in [0.29, 0.717) is 17.5 Å². The molecule has 1 heterocycles. The highest BCUT2D eigenvalue weighted by Crippen LogP contribution is 2.47. The maximum absolute atomic E-state index is 4.90. The van der Waals surface area contributed by atoms with Gasteiger partial charge in [0.2, 0.25) is 0 Å². The van der Waals surface area contributed by atoms with Crippen molar-refractivity contribution in [3.8, 4) is 0 Å². The van der Waals surface area contributed by atoms with E-state index in [1.807, 2.05) is 0 Å². The van der Waals surface area contributed by atoms with Gasteiger partial charge in [0.15, 0.2) is 0 Å². The Morgan fingerprint density at radius 2 is 2.00 bits per heavy atom. The van der Waals surface area contributed by atoms with E-state index in [-0.39, 0.29) is 0 Å². The minimum absolute atomic E-state index is 0.374. The van der Waals surface area contributed by atoms with Crippen LogP contribution in [-0.4, -0.2) is 22.4 Å². The van der Waals surface area contributed by atoms with Crippen molar-refractivity contribution in [3.05, 3.63) is 18.0 Å². The number of hydrogen-bond donors (Lipinski definition) is 1. The smallest absolute Gasteiger partial charge is 0.0630 e. The largest absolute Gasteiger partial charge is 0.314 e. The summed E-state index contributed by atoms with van der Waals surface area (Å²) in [5, 5.41) is 8.56. The van der Waals surface area contributed by atoms with E-state index in [0.717, 1.165) is 18.9 Å². The Bertz CT molecular complexity index is 455. The van der Waals surface area contributed by atoms with Crippen molar-refractivity contribution in [2.24, 2.45) is 11.3 Å². The van der Waals surface area contributed by atoms with Gasteiger partial charge in [-0.05, 0) is 49.5 Å². The zero-order valence-corrected chi connectivity index (χ0v) is 13.9. The van der Waals surface area contributed by atoms with Crippen LogP contribution in [0.1, 0.15) is 71.0 Å². The van der Waals surface area contributed by atoms with Crippen molar-refractivity contribution in [1.29, 1.82) is 0 Å². The molecule has 0 aliphatic heterocycles. The number of nitrogens with zero attached hydrogens (tertiary/aromatic N) is 2. The SMILES string of the molecule is CC(C)NCC(C)(Cc1ccn(C2CCCC2)n1)C1CC1. The van der Waals surface area contributed by atoms with Crippen molar-refractivity contribution in [2.75, 3.05) is 6.54 Å². The predicted octanol–water partition coefficient (Wildman–Crippen LogP) is 3.96. The molecule has 1 aromatic heterocycles. The lowest BCUT2D eigenvalue weighted by molar-refractivity contribution is 0.245. The molecule has 0 radical (unpaired) electrons. The number of hydrogen-bond acceptors (Lipinski definition) is 2. The molecule has 0 saturated heterocycles. The van der Waals surface area contributed by atoms with Crippen molar-refractivity contribution >= 4 is 0 Å². The van der Waals surface area contributed by atoms with Gasteiger partial charge in [0.25, 0.3) is 0 Å². The molecule has 3 rings (SSSR count). The van der Waals surface area contributed by atoms with E-state index in [9.17, 15) is 0 Å². The average Bonchev–Trinajstić information content (AvgIpc) is 2.99. The van der Waals surface area contributed by atoms with Crippen LogP contribution in [0.4, 0.5) is 0 Å². The third-order valence-electron chi connectivity index (χ3n) is 5.42. The Hall–Kier alpha value is -0.830. The zero-order chi connectivity index (χ0) is 14.9. The first-order valence-corrected chi connectivity index (χ1v) is 8.84. The molecule has 1 atom stereocenters. The van der Waals surface area contributed by atoms with Gasteiger partial charge in [0.1, 0.15) is 0 Å². The molecular weight excluding hydrogens is 258 g/mol. The molecule has 2 aliphatic rings. The van der Waals surface area contributed by atoms with Crippen molar-refractivity contribution in [2.45, 2.75) is 77.8 Å². The Morgan fingerprint density at radius 1 is 1.29 bits per heavy atom. The van der Waals surface area contributed by atoms with Crippen LogP contribution in [0, 0.1) is 11.3 Å². The van der Waals surface area contributed by atoms with E-state index in [1.54, 1.807) is 0 Å². The molecule has 118 valence electrons. The maximum Gasteiger partial charge on any atom is 0.0630 e. The minimum Gasteiger partial charge on any atom is -0.314 e. The zero-order valence-electron chi connectivity index (χ0n) is 13.9. The topological polar surface area (TPSA) is 29.9 Å². The van der Waals surface area contributed by atoms with Gasteiger partial charge in [0, 0.05) is 18.8 Å². The summed E-state index contributed by atoms with van der Waals surface area (Å²) in [4.78, 5) is 0. The van der Waals surface area contributed by atoms with Crippen molar-refractivity contribution < 1.29 is 0 Å². The molecule has 0 spiro atoms. The molecule has 2 aliphatic carbocycles. The first kappa shape index (κ1) is 15.1. The van der Waals surface area contributed by atoms with E-state index in [1.165, 1.54) is 44.2 Å². The Balaban J connectivity index is 1.65. The van der Waals surface area contributed by atoms with Gasteiger partial charge in [-0.25, -0.2) is 0 Å². The van der Waals surface area contributed by atoms with Crippen LogP contribution >= 0.6 is 0 Å². The first-order valence-electron chi connectivity index (χ1n) is 8.84. The Morgan fingerprint density at radius 3 is 2.62 bits per heavy atom. The molecule has 0 bridgehead atoms. The summed E-state index contributed by atoms with van der Waals surface area (Å²) in [5.74, 6) is 0.889. The number of aromatic nitrogens is 2. The van der Waals surface area contributed by atoms with Crippen LogP contribution in [0.3, 0.4) is 0 Å². The van der Waals surface area contributed by atoms with Gasteiger partial charge < -0.3 is 5.32 Å². The summed E-state index contributed by atoms with van der Waals surface area (Å²) in [5.41, 5.74) is 1.67. The molecule has 2 fully saturated rings. The fourth-order valence-electron chi connectivity index (χ4n) is 3.83. The van der Waals surface area contributed by atoms with Gasteiger partial charge in [-0.15, -0.1) is 0 Å². The van der Waals surface area contributed by atoms with Crippen molar-refractivity contribution in [3.63, 3.8) is 0 Å². The standard InChI is InChI=1S/C18H31N3/c1-14(2)19-13-18(3,15-8-9-15)12-16-10-11-21(20-16)17-6-4-5-7-17/h10-11,14-15,17,19H,4-9,12-13H2,1-3H3. The second-order valence-electron chi connectivity index (χ2n) is 7.87. The molecule has 3 heteroatoms. The number of rotatable bonds is 7. The van der Waals surface area contributed by atoms with E-state index in [4.69, 9.17) is 5.10 Å². The molecule has 3 nitrogen and oxygen atoms in total. The average molecular weight is 289 g/mol. The van der Waals surface area contributed by atoms with Crippen LogP contribution in [0.15, 0.2) is 12.3 Å². The summed E-state index contributed by atoms with van der Waals surface area (Å²) in [7, 11) is 0.